The number of benzene rings is 3. The number of rotatable bonds is 9. The van der Waals surface area contributed by atoms with Crippen LogP contribution in [-0.2, 0) is 17.7 Å². The van der Waals surface area contributed by atoms with Crippen molar-refractivity contribution in [2.24, 2.45) is 0 Å². The quantitative estimate of drug-likeness (QED) is 0.545. The van der Waals surface area contributed by atoms with E-state index in [9.17, 15) is 0 Å². The third-order valence-corrected chi connectivity index (χ3v) is 4.58. The van der Waals surface area contributed by atoms with Gasteiger partial charge < -0.3 is 15.4 Å². The Labute approximate surface area is 162 Å². The summed E-state index contributed by atoms with van der Waals surface area (Å²) in [7, 11) is 1.75. The number of nitrogens with one attached hydrogen (secondary N) is 2. The molecule has 0 aromatic heterocycles. The van der Waals surface area contributed by atoms with Crippen LogP contribution in [0.2, 0.25) is 0 Å². The van der Waals surface area contributed by atoms with Gasteiger partial charge in [-0.25, -0.2) is 0 Å². The number of hydrogen-bond donors (Lipinski definition) is 2. The first-order valence-electron chi connectivity index (χ1n) is 9.42. The van der Waals surface area contributed by atoms with Gasteiger partial charge in [0.15, 0.2) is 0 Å². The Morgan fingerprint density at radius 3 is 2.15 bits per heavy atom. The summed E-state index contributed by atoms with van der Waals surface area (Å²) in [4.78, 5) is 0. The molecular weight excluding hydrogens is 332 g/mol. The van der Waals surface area contributed by atoms with Crippen molar-refractivity contribution < 1.29 is 4.74 Å². The van der Waals surface area contributed by atoms with Crippen LogP contribution in [0, 0.1) is 6.92 Å². The van der Waals surface area contributed by atoms with E-state index >= 15 is 0 Å². The van der Waals surface area contributed by atoms with Crippen LogP contribution < -0.4 is 10.6 Å². The monoisotopic (exact) mass is 360 g/mol. The van der Waals surface area contributed by atoms with Crippen LogP contribution >= 0.6 is 0 Å². The van der Waals surface area contributed by atoms with Gasteiger partial charge in [-0.2, -0.15) is 0 Å². The van der Waals surface area contributed by atoms with Crippen molar-refractivity contribution in [3.63, 3.8) is 0 Å². The number of methoxy groups -OCH3 is 1. The van der Waals surface area contributed by atoms with E-state index in [-0.39, 0.29) is 6.04 Å². The third-order valence-electron chi connectivity index (χ3n) is 4.58. The van der Waals surface area contributed by atoms with E-state index in [0.29, 0.717) is 6.61 Å². The van der Waals surface area contributed by atoms with Gasteiger partial charge in [0.1, 0.15) is 0 Å². The molecule has 0 radical (unpaired) electrons. The zero-order valence-corrected chi connectivity index (χ0v) is 16.1. The average Bonchev–Trinajstić information content (AvgIpc) is 2.69. The fraction of sp³-hybridized carbons (Fsp3) is 0.250. The smallest absolute Gasteiger partial charge is 0.0667 e. The molecule has 0 amide bonds. The van der Waals surface area contributed by atoms with Gasteiger partial charge in [0, 0.05) is 13.7 Å². The molecule has 1 atom stereocenters. The van der Waals surface area contributed by atoms with Crippen molar-refractivity contribution in [1.82, 2.24) is 0 Å². The lowest BCUT2D eigenvalue weighted by Gasteiger charge is -2.22. The largest absolute Gasteiger partial charge is 0.383 e. The van der Waals surface area contributed by atoms with Crippen molar-refractivity contribution in [2.75, 3.05) is 24.4 Å². The second-order valence-corrected chi connectivity index (χ2v) is 6.87. The number of anilines is 2. The van der Waals surface area contributed by atoms with E-state index in [0.717, 1.165) is 24.3 Å². The molecule has 0 saturated heterocycles. The Morgan fingerprint density at radius 2 is 1.44 bits per heavy atom. The molecule has 0 saturated carbocycles. The maximum atomic E-state index is 5.45. The van der Waals surface area contributed by atoms with Crippen LogP contribution in [0.4, 0.5) is 11.4 Å². The summed E-state index contributed by atoms with van der Waals surface area (Å²) in [6, 6.07) is 27.7. The normalized spacial score (nSPS) is 11.8. The maximum Gasteiger partial charge on any atom is 0.0667 e. The highest BCUT2D eigenvalue weighted by Gasteiger charge is 2.11. The number of para-hydroxylation sites is 2. The molecular formula is C24H28N2O. The highest BCUT2D eigenvalue weighted by molar-refractivity contribution is 5.69. The van der Waals surface area contributed by atoms with E-state index in [1.54, 1.807) is 7.11 Å². The molecule has 0 spiro atoms. The van der Waals surface area contributed by atoms with Crippen molar-refractivity contribution >= 4 is 11.4 Å². The van der Waals surface area contributed by atoms with Gasteiger partial charge in [-0.05, 0) is 36.6 Å². The van der Waals surface area contributed by atoms with Gasteiger partial charge in [0.05, 0.1) is 24.0 Å². The lowest BCUT2D eigenvalue weighted by Crippen LogP contribution is -2.27. The summed E-state index contributed by atoms with van der Waals surface area (Å²) in [5, 5.41) is 7.21. The minimum absolute atomic E-state index is 0.208. The summed E-state index contributed by atoms with van der Waals surface area (Å²) in [6.07, 6.45) is 0.918. The Bertz CT molecular complexity index is 815. The highest BCUT2D eigenvalue weighted by atomic mass is 16.5. The summed E-state index contributed by atoms with van der Waals surface area (Å²) in [5.74, 6) is 0. The van der Waals surface area contributed by atoms with Crippen LogP contribution in [0.3, 0.4) is 0 Å². The maximum absolute atomic E-state index is 5.45. The molecule has 3 nitrogen and oxygen atoms in total. The fourth-order valence-corrected chi connectivity index (χ4v) is 3.14. The Kier molecular flexibility index (Phi) is 6.89. The lowest BCUT2D eigenvalue weighted by molar-refractivity contribution is 0.185. The zero-order chi connectivity index (χ0) is 18.9. The van der Waals surface area contributed by atoms with Crippen molar-refractivity contribution in [1.29, 1.82) is 0 Å². The van der Waals surface area contributed by atoms with Gasteiger partial charge in [-0.1, -0.05) is 72.3 Å². The molecule has 3 aromatic carbocycles. The van der Waals surface area contributed by atoms with Crippen LogP contribution in [0.15, 0.2) is 78.9 Å². The number of hydrogen-bond acceptors (Lipinski definition) is 3. The van der Waals surface area contributed by atoms with E-state index in [1.165, 1.54) is 16.7 Å². The molecule has 0 aliphatic rings. The van der Waals surface area contributed by atoms with Gasteiger partial charge in [-0.15, -0.1) is 0 Å². The van der Waals surface area contributed by atoms with Crippen LogP contribution in [0.5, 0.6) is 0 Å². The van der Waals surface area contributed by atoms with E-state index < -0.39 is 0 Å². The predicted molar refractivity (Wildman–Crippen MR) is 114 cm³/mol. The summed E-state index contributed by atoms with van der Waals surface area (Å²) < 4.78 is 5.45. The third kappa shape index (κ3) is 5.87. The first kappa shape index (κ1) is 19.0. The minimum Gasteiger partial charge on any atom is -0.383 e. The molecule has 0 fully saturated rings. The van der Waals surface area contributed by atoms with Crippen molar-refractivity contribution in [3.8, 4) is 0 Å². The van der Waals surface area contributed by atoms with Gasteiger partial charge >= 0.3 is 0 Å². The molecule has 0 aliphatic carbocycles. The average molecular weight is 361 g/mol. The highest BCUT2D eigenvalue weighted by Crippen LogP contribution is 2.23. The molecule has 140 valence electrons. The lowest BCUT2D eigenvalue weighted by atomic mass is 10.1. The summed E-state index contributed by atoms with van der Waals surface area (Å²) >= 11 is 0. The molecule has 3 rings (SSSR count). The molecule has 3 heteroatoms. The van der Waals surface area contributed by atoms with Gasteiger partial charge in [-0.3, -0.25) is 0 Å². The Hall–Kier alpha value is -2.78. The molecule has 2 N–H and O–H groups in total. The number of aryl methyl sites for hydroxylation is 1. The number of ether oxygens (including phenoxy) is 1. The molecule has 3 aromatic rings. The Balaban J connectivity index is 1.68. The fourth-order valence-electron chi connectivity index (χ4n) is 3.14. The van der Waals surface area contributed by atoms with Gasteiger partial charge in [0.25, 0.3) is 0 Å². The van der Waals surface area contributed by atoms with Crippen LogP contribution in [0.1, 0.15) is 16.7 Å². The van der Waals surface area contributed by atoms with E-state index in [2.05, 4.69) is 90.4 Å². The standard InChI is InChI=1S/C24H28N2O/c1-19-12-14-21(15-13-19)17-25-23-10-6-7-11-24(23)26-22(18-27-2)16-20-8-4-3-5-9-20/h3-15,22,25-26H,16-18H2,1-2H3/t22-/m0/s1. The van der Waals surface area contributed by atoms with E-state index in [1.807, 2.05) is 6.07 Å². The molecule has 0 aliphatic heterocycles. The topological polar surface area (TPSA) is 33.3 Å². The first-order valence-corrected chi connectivity index (χ1v) is 9.42. The zero-order valence-electron chi connectivity index (χ0n) is 16.1. The molecule has 27 heavy (non-hydrogen) atoms. The van der Waals surface area contributed by atoms with Crippen molar-refractivity contribution in [2.45, 2.75) is 25.9 Å². The van der Waals surface area contributed by atoms with Crippen molar-refractivity contribution in [3.05, 3.63) is 95.6 Å². The van der Waals surface area contributed by atoms with Gasteiger partial charge in [0.2, 0.25) is 0 Å². The minimum atomic E-state index is 0.208. The molecule has 0 bridgehead atoms. The summed E-state index contributed by atoms with van der Waals surface area (Å²) in [6.45, 7) is 3.56. The second kappa shape index (κ2) is 9.79. The van der Waals surface area contributed by atoms with Crippen LogP contribution in [-0.4, -0.2) is 19.8 Å². The first-order chi connectivity index (χ1) is 13.2. The SMILES string of the molecule is COC[C@H](Cc1ccccc1)Nc1ccccc1NCc1ccc(C)cc1. The molecule has 0 heterocycles. The molecule has 0 unspecified atom stereocenters. The van der Waals surface area contributed by atoms with Crippen LogP contribution in [0.25, 0.3) is 0 Å². The van der Waals surface area contributed by atoms with E-state index in [4.69, 9.17) is 4.74 Å². The predicted octanol–water partition coefficient (Wildman–Crippen LogP) is 5.28. The summed E-state index contributed by atoms with van der Waals surface area (Å²) in [5.41, 5.74) is 6.06. The Morgan fingerprint density at radius 1 is 0.778 bits per heavy atom. The second-order valence-electron chi connectivity index (χ2n) is 6.87.